The van der Waals surface area contributed by atoms with Crippen LogP contribution in [0.2, 0.25) is 0 Å². The number of aromatic nitrogens is 1. The lowest BCUT2D eigenvalue weighted by Gasteiger charge is -1.96. The molecular weight excluding hydrogens is 190 g/mol. The maximum absolute atomic E-state index is 10.6. The lowest BCUT2D eigenvalue weighted by Crippen LogP contribution is -1.83. The molecular formula is C12H11NO2. The molecule has 0 unspecified atom stereocenters. The fraction of sp³-hybridized carbons (Fsp3) is 0.167. The third kappa shape index (κ3) is 1.81. The minimum Gasteiger partial charge on any atom is -0.438 e. The number of carbonyl (C=O) groups excluding carboxylic acids is 1. The van der Waals surface area contributed by atoms with Crippen molar-refractivity contribution in [3.63, 3.8) is 0 Å². The molecule has 76 valence electrons. The molecule has 0 aliphatic carbocycles. The standard InChI is InChI=1S/C12H11NO2/c1-2-10-12(13-11(8-14)15-10)9-6-4-3-5-7-9/h3-8H,2H2,1H3. The number of oxazole rings is 1. The number of hydrogen-bond acceptors (Lipinski definition) is 3. The van der Waals surface area contributed by atoms with Crippen LogP contribution in [0.15, 0.2) is 34.7 Å². The van der Waals surface area contributed by atoms with E-state index < -0.39 is 0 Å². The van der Waals surface area contributed by atoms with Gasteiger partial charge in [-0.25, -0.2) is 4.98 Å². The van der Waals surface area contributed by atoms with Gasteiger partial charge in [-0.2, -0.15) is 0 Å². The van der Waals surface area contributed by atoms with Crippen LogP contribution in [-0.4, -0.2) is 11.3 Å². The number of rotatable bonds is 3. The summed E-state index contributed by atoms with van der Waals surface area (Å²) in [6.07, 6.45) is 1.36. The van der Waals surface area contributed by atoms with Gasteiger partial charge in [0.05, 0.1) is 0 Å². The van der Waals surface area contributed by atoms with Crippen molar-refractivity contribution in [1.82, 2.24) is 4.98 Å². The molecule has 0 aliphatic rings. The number of benzene rings is 1. The van der Waals surface area contributed by atoms with Crippen molar-refractivity contribution in [3.05, 3.63) is 42.0 Å². The Morgan fingerprint density at radius 2 is 2.07 bits per heavy atom. The number of nitrogens with zero attached hydrogens (tertiary/aromatic N) is 1. The third-order valence-electron chi connectivity index (χ3n) is 2.18. The van der Waals surface area contributed by atoms with Crippen molar-refractivity contribution in [3.8, 4) is 11.3 Å². The molecule has 1 aromatic carbocycles. The second-order valence-corrected chi connectivity index (χ2v) is 3.16. The molecule has 0 saturated carbocycles. The van der Waals surface area contributed by atoms with E-state index in [-0.39, 0.29) is 5.89 Å². The zero-order valence-corrected chi connectivity index (χ0v) is 8.43. The van der Waals surface area contributed by atoms with Crippen LogP contribution in [0.5, 0.6) is 0 Å². The summed E-state index contributed by atoms with van der Waals surface area (Å²) in [6.45, 7) is 1.97. The highest BCUT2D eigenvalue weighted by atomic mass is 16.4. The average molecular weight is 201 g/mol. The summed E-state index contributed by atoms with van der Waals surface area (Å²) < 4.78 is 5.29. The van der Waals surface area contributed by atoms with Crippen LogP contribution >= 0.6 is 0 Å². The second kappa shape index (κ2) is 4.09. The molecule has 0 fully saturated rings. The Balaban J connectivity index is 2.52. The van der Waals surface area contributed by atoms with E-state index >= 15 is 0 Å². The Bertz CT molecular complexity index is 460. The van der Waals surface area contributed by atoms with E-state index in [1.807, 2.05) is 37.3 Å². The predicted molar refractivity (Wildman–Crippen MR) is 56.7 cm³/mol. The number of hydrogen-bond donors (Lipinski definition) is 0. The largest absolute Gasteiger partial charge is 0.438 e. The molecule has 0 saturated heterocycles. The molecule has 15 heavy (non-hydrogen) atoms. The first-order valence-electron chi connectivity index (χ1n) is 4.85. The van der Waals surface area contributed by atoms with E-state index in [2.05, 4.69) is 4.98 Å². The highest BCUT2D eigenvalue weighted by molar-refractivity contribution is 5.71. The fourth-order valence-corrected chi connectivity index (χ4v) is 1.48. The lowest BCUT2D eigenvalue weighted by molar-refractivity contribution is 0.109. The second-order valence-electron chi connectivity index (χ2n) is 3.16. The summed E-state index contributed by atoms with van der Waals surface area (Å²) in [5, 5.41) is 0. The van der Waals surface area contributed by atoms with Gasteiger partial charge in [-0.05, 0) is 0 Å². The molecule has 0 atom stereocenters. The summed E-state index contributed by atoms with van der Waals surface area (Å²) in [5.74, 6) is 0.897. The highest BCUT2D eigenvalue weighted by Crippen LogP contribution is 2.23. The Labute approximate surface area is 87.8 Å². The van der Waals surface area contributed by atoms with Gasteiger partial charge in [0.25, 0.3) is 5.89 Å². The van der Waals surface area contributed by atoms with Crippen molar-refractivity contribution >= 4 is 6.29 Å². The molecule has 1 heterocycles. The average Bonchev–Trinajstić information content (AvgIpc) is 2.73. The van der Waals surface area contributed by atoms with Gasteiger partial charge >= 0.3 is 0 Å². The lowest BCUT2D eigenvalue weighted by atomic mass is 10.1. The van der Waals surface area contributed by atoms with Crippen molar-refractivity contribution in [2.45, 2.75) is 13.3 Å². The van der Waals surface area contributed by atoms with Crippen LogP contribution < -0.4 is 0 Å². The molecule has 0 spiro atoms. The number of aldehydes is 1. The highest BCUT2D eigenvalue weighted by Gasteiger charge is 2.12. The maximum atomic E-state index is 10.6. The van der Waals surface area contributed by atoms with Crippen LogP contribution in [0.3, 0.4) is 0 Å². The molecule has 0 aliphatic heterocycles. The van der Waals surface area contributed by atoms with Gasteiger partial charge in [-0.3, -0.25) is 4.79 Å². The van der Waals surface area contributed by atoms with Crippen molar-refractivity contribution in [1.29, 1.82) is 0 Å². The van der Waals surface area contributed by atoms with E-state index in [0.29, 0.717) is 6.29 Å². The molecule has 3 nitrogen and oxygen atoms in total. The minimum absolute atomic E-state index is 0.144. The first-order valence-corrected chi connectivity index (χ1v) is 4.85. The molecule has 2 rings (SSSR count). The monoisotopic (exact) mass is 201 g/mol. The Hall–Kier alpha value is -1.90. The summed E-state index contributed by atoms with van der Waals surface area (Å²) >= 11 is 0. The molecule has 1 aromatic heterocycles. The topological polar surface area (TPSA) is 43.1 Å². The van der Waals surface area contributed by atoms with Gasteiger partial charge in [0.1, 0.15) is 11.5 Å². The van der Waals surface area contributed by atoms with Crippen molar-refractivity contribution in [2.24, 2.45) is 0 Å². The summed E-state index contributed by atoms with van der Waals surface area (Å²) in [6, 6.07) is 9.71. The number of aryl methyl sites for hydroxylation is 1. The van der Waals surface area contributed by atoms with Gasteiger partial charge in [0.15, 0.2) is 0 Å². The van der Waals surface area contributed by atoms with E-state index in [1.165, 1.54) is 0 Å². The Morgan fingerprint density at radius 1 is 1.33 bits per heavy atom. The molecule has 0 N–H and O–H groups in total. The van der Waals surface area contributed by atoms with Crippen LogP contribution in [0.25, 0.3) is 11.3 Å². The van der Waals surface area contributed by atoms with E-state index in [0.717, 1.165) is 23.4 Å². The first kappa shape index (κ1) is 9.65. The van der Waals surface area contributed by atoms with Gasteiger partial charge in [0.2, 0.25) is 6.29 Å². The van der Waals surface area contributed by atoms with Gasteiger partial charge in [-0.1, -0.05) is 37.3 Å². The van der Waals surface area contributed by atoms with Gasteiger partial charge < -0.3 is 4.42 Å². The van der Waals surface area contributed by atoms with Crippen molar-refractivity contribution in [2.75, 3.05) is 0 Å². The zero-order chi connectivity index (χ0) is 10.7. The maximum Gasteiger partial charge on any atom is 0.260 e. The van der Waals surface area contributed by atoms with E-state index in [1.54, 1.807) is 0 Å². The molecule has 0 bridgehead atoms. The molecule has 3 heteroatoms. The Morgan fingerprint density at radius 3 is 2.67 bits per heavy atom. The van der Waals surface area contributed by atoms with E-state index in [9.17, 15) is 4.79 Å². The normalized spacial score (nSPS) is 10.2. The molecule has 0 amide bonds. The molecule has 0 radical (unpaired) electrons. The van der Waals surface area contributed by atoms with Crippen LogP contribution in [-0.2, 0) is 6.42 Å². The smallest absolute Gasteiger partial charge is 0.260 e. The first-order chi connectivity index (χ1) is 7.35. The van der Waals surface area contributed by atoms with Crippen LogP contribution in [0.1, 0.15) is 23.4 Å². The SMILES string of the molecule is CCc1oc(C=O)nc1-c1ccccc1. The molecule has 2 aromatic rings. The van der Waals surface area contributed by atoms with E-state index in [4.69, 9.17) is 4.42 Å². The quantitative estimate of drug-likeness (QED) is 0.717. The summed E-state index contributed by atoms with van der Waals surface area (Å²) in [7, 11) is 0. The van der Waals surface area contributed by atoms with Gasteiger partial charge in [-0.15, -0.1) is 0 Å². The van der Waals surface area contributed by atoms with Crippen molar-refractivity contribution < 1.29 is 9.21 Å². The summed E-state index contributed by atoms with van der Waals surface area (Å²) in [4.78, 5) is 14.7. The van der Waals surface area contributed by atoms with Crippen LogP contribution in [0, 0.1) is 0 Å². The fourth-order valence-electron chi connectivity index (χ4n) is 1.48. The third-order valence-corrected chi connectivity index (χ3v) is 2.18. The summed E-state index contributed by atoms with van der Waals surface area (Å²) in [5.41, 5.74) is 1.74. The number of carbonyl (C=O) groups is 1. The Kier molecular flexibility index (Phi) is 2.63. The van der Waals surface area contributed by atoms with Gasteiger partial charge in [0, 0.05) is 12.0 Å². The zero-order valence-electron chi connectivity index (χ0n) is 8.43. The predicted octanol–water partition coefficient (Wildman–Crippen LogP) is 2.72. The minimum atomic E-state index is 0.144. The van der Waals surface area contributed by atoms with Crippen LogP contribution in [0.4, 0.5) is 0 Å².